The zero-order valence-electron chi connectivity index (χ0n) is 15.9. The Kier molecular flexibility index (Phi) is 6.06. The molecule has 142 valence electrons. The predicted molar refractivity (Wildman–Crippen MR) is 103 cm³/mol. The first-order valence-electron chi connectivity index (χ1n) is 9.22. The molecule has 0 radical (unpaired) electrons. The molecule has 1 aromatic carbocycles. The topological polar surface area (TPSA) is 62.7 Å². The largest absolute Gasteiger partial charge is 0.484 e. The highest BCUT2D eigenvalue weighted by atomic mass is 16.5. The van der Waals surface area contributed by atoms with Crippen LogP contribution in [0.5, 0.6) is 5.75 Å². The van der Waals surface area contributed by atoms with Crippen molar-refractivity contribution in [3.05, 3.63) is 59.4 Å². The molecular formula is C21H25N3O3. The van der Waals surface area contributed by atoms with Crippen LogP contribution >= 0.6 is 0 Å². The second-order valence-electron chi connectivity index (χ2n) is 6.83. The van der Waals surface area contributed by atoms with Gasteiger partial charge >= 0.3 is 0 Å². The molecule has 1 aliphatic heterocycles. The first kappa shape index (κ1) is 18.9. The van der Waals surface area contributed by atoms with Gasteiger partial charge in [0.2, 0.25) is 0 Å². The summed E-state index contributed by atoms with van der Waals surface area (Å²) in [6, 6.07) is 9.43. The summed E-state index contributed by atoms with van der Waals surface area (Å²) in [6.07, 6.45) is 3.98. The molecule has 0 bridgehead atoms. The van der Waals surface area contributed by atoms with E-state index in [1.165, 1.54) is 0 Å². The summed E-state index contributed by atoms with van der Waals surface area (Å²) in [6.45, 7) is 6.31. The van der Waals surface area contributed by atoms with Crippen LogP contribution in [0.15, 0.2) is 42.7 Å². The molecular weight excluding hydrogens is 342 g/mol. The lowest BCUT2D eigenvalue weighted by Crippen LogP contribution is -2.39. The van der Waals surface area contributed by atoms with Crippen molar-refractivity contribution in [3.8, 4) is 5.75 Å². The molecule has 0 N–H and O–H groups in total. The van der Waals surface area contributed by atoms with Crippen molar-refractivity contribution in [2.75, 3.05) is 32.8 Å². The first-order chi connectivity index (χ1) is 13.0. The van der Waals surface area contributed by atoms with Crippen molar-refractivity contribution in [1.82, 2.24) is 14.8 Å². The molecule has 0 saturated carbocycles. The summed E-state index contributed by atoms with van der Waals surface area (Å²) >= 11 is 0. The van der Waals surface area contributed by atoms with Crippen molar-refractivity contribution >= 4 is 11.8 Å². The minimum Gasteiger partial charge on any atom is -0.484 e. The SMILES string of the molecule is Cc1ccc(OCC(=O)N2CCCN(C(=O)c3cccnc3)CC2)c(C)c1. The van der Waals surface area contributed by atoms with E-state index in [9.17, 15) is 9.59 Å². The number of hydrogen-bond acceptors (Lipinski definition) is 4. The predicted octanol–water partition coefficient (Wildman–Crippen LogP) is 2.45. The minimum atomic E-state index is -0.0503. The molecule has 2 heterocycles. The third-order valence-corrected chi connectivity index (χ3v) is 4.73. The summed E-state index contributed by atoms with van der Waals surface area (Å²) in [5, 5.41) is 0. The second-order valence-corrected chi connectivity index (χ2v) is 6.83. The number of amides is 2. The van der Waals surface area contributed by atoms with E-state index in [1.54, 1.807) is 34.3 Å². The molecule has 1 saturated heterocycles. The molecule has 0 aliphatic carbocycles. The van der Waals surface area contributed by atoms with Gasteiger partial charge in [0.15, 0.2) is 6.61 Å². The van der Waals surface area contributed by atoms with E-state index < -0.39 is 0 Å². The maximum absolute atomic E-state index is 12.6. The molecule has 0 unspecified atom stereocenters. The molecule has 3 rings (SSSR count). The lowest BCUT2D eigenvalue weighted by Gasteiger charge is -2.22. The Bertz CT molecular complexity index is 808. The van der Waals surface area contributed by atoms with Crippen molar-refractivity contribution in [2.24, 2.45) is 0 Å². The van der Waals surface area contributed by atoms with Crippen molar-refractivity contribution in [2.45, 2.75) is 20.3 Å². The van der Waals surface area contributed by atoms with E-state index in [2.05, 4.69) is 4.98 Å². The Hall–Kier alpha value is -2.89. The van der Waals surface area contributed by atoms with Crippen molar-refractivity contribution in [1.29, 1.82) is 0 Å². The molecule has 6 heteroatoms. The molecule has 2 aromatic rings. The van der Waals surface area contributed by atoms with Gasteiger partial charge in [-0.3, -0.25) is 14.6 Å². The van der Waals surface area contributed by atoms with E-state index >= 15 is 0 Å². The summed E-state index contributed by atoms with van der Waals surface area (Å²) in [5.74, 6) is 0.645. The maximum Gasteiger partial charge on any atom is 0.260 e. The standard InChI is InChI=1S/C21H25N3O3/c1-16-6-7-19(17(2)13-16)27-15-20(25)23-9-4-10-24(12-11-23)21(26)18-5-3-8-22-14-18/h3,5-8,13-14H,4,9-12,15H2,1-2H3. The molecule has 1 aromatic heterocycles. The fourth-order valence-corrected chi connectivity index (χ4v) is 3.23. The number of rotatable bonds is 4. The Balaban J connectivity index is 1.54. The zero-order chi connectivity index (χ0) is 19.2. The minimum absolute atomic E-state index is 0.0143. The van der Waals surface area contributed by atoms with E-state index in [-0.39, 0.29) is 18.4 Å². The van der Waals surface area contributed by atoms with Gasteiger partial charge < -0.3 is 14.5 Å². The van der Waals surface area contributed by atoms with Crippen LogP contribution in [0.3, 0.4) is 0 Å². The number of benzene rings is 1. The lowest BCUT2D eigenvalue weighted by molar-refractivity contribution is -0.133. The normalized spacial score (nSPS) is 14.6. The molecule has 0 spiro atoms. The van der Waals surface area contributed by atoms with Gasteiger partial charge in [-0.1, -0.05) is 17.7 Å². The van der Waals surface area contributed by atoms with Crippen LogP contribution in [0, 0.1) is 13.8 Å². The summed E-state index contributed by atoms with van der Waals surface area (Å²) in [4.78, 5) is 32.7. The Morgan fingerprint density at radius 2 is 1.85 bits per heavy atom. The summed E-state index contributed by atoms with van der Waals surface area (Å²) < 4.78 is 5.71. The van der Waals surface area contributed by atoms with Gasteiger partial charge in [0, 0.05) is 38.6 Å². The third-order valence-electron chi connectivity index (χ3n) is 4.73. The van der Waals surface area contributed by atoms with Gasteiger partial charge in [-0.25, -0.2) is 0 Å². The molecule has 1 aliphatic rings. The van der Waals surface area contributed by atoms with Crippen LogP contribution < -0.4 is 4.74 Å². The van der Waals surface area contributed by atoms with E-state index in [0.717, 1.165) is 23.3 Å². The van der Waals surface area contributed by atoms with Crippen LogP contribution in [0.2, 0.25) is 0 Å². The molecule has 6 nitrogen and oxygen atoms in total. The van der Waals surface area contributed by atoms with E-state index in [4.69, 9.17) is 4.74 Å². The summed E-state index contributed by atoms with van der Waals surface area (Å²) in [7, 11) is 0. The van der Waals surface area contributed by atoms with Crippen molar-refractivity contribution < 1.29 is 14.3 Å². The van der Waals surface area contributed by atoms with E-state index in [0.29, 0.717) is 31.7 Å². The average molecular weight is 367 g/mol. The molecule has 27 heavy (non-hydrogen) atoms. The number of aryl methyl sites for hydroxylation is 2. The highest BCUT2D eigenvalue weighted by molar-refractivity contribution is 5.94. The van der Waals surface area contributed by atoms with Crippen LogP contribution in [-0.4, -0.2) is 59.4 Å². The number of carbonyl (C=O) groups is 2. The van der Waals surface area contributed by atoms with Crippen LogP contribution in [0.1, 0.15) is 27.9 Å². The van der Waals surface area contributed by atoms with Crippen LogP contribution in [-0.2, 0) is 4.79 Å². The number of nitrogens with zero attached hydrogens (tertiary/aromatic N) is 3. The Morgan fingerprint density at radius 3 is 2.59 bits per heavy atom. The highest BCUT2D eigenvalue weighted by Gasteiger charge is 2.23. The van der Waals surface area contributed by atoms with Crippen molar-refractivity contribution in [3.63, 3.8) is 0 Å². The number of pyridine rings is 1. The average Bonchev–Trinajstić information content (AvgIpc) is 2.93. The number of hydrogen-bond donors (Lipinski definition) is 0. The molecule has 2 amide bonds. The first-order valence-corrected chi connectivity index (χ1v) is 9.22. The van der Waals surface area contributed by atoms with Gasteiger partial charge in [-0.15, -0.1) is 0 Å². The number of carbonyl (C=O) groups excluding carboxylic acids is 2. The molecule has 1 fully saturated rings. The zero-order valence-corrected chi connectivity index (χ0v) is 15.9. The fraction of sp³-hybridized carbons (Fsp3) is 0.381. The Morgan fingerprint density at radius 1 is 1.07 bits per heavy atom. The number of aromatic nitrogens is 1. The molecule has 0 atom stereocenters. The monoisotopic (exact) mass is 367 g/mol. The van der Waals surface area contributed by atoms with Gasteiger partial charge in [0.05, 0.1) is 5.56 Å². The van der Waals surface area contributed by atoms with E-state index in [1.807, 2.05) is 32.0 Å². The quantitative estimate of drug-likeness (QED) is 0.833. The maximum atomic E-state index is 12.6. The number of ether oxygens (including phenoxy) is 1. The summed E-state index contributed by atoms with van der Waals surface area (Å²) in [5.41, 5.74) is 2.76. The third kappa shape index (κ3) is 4.84. The van der Waals surface area contributed by atoms with Gasteiger partial charge in [0.25, 0.3) is 11.8 Å². The van der Waals surface area contributed by atoms with Gasteiger partial charge in [0.1, 0.15) is 5.75 Å². The Labute approximate surface area is 159 Å². The lowest BCUT2D eigenvalue weighted by atomic mass is 10.1. The van der Waals surface area contributed by atoms with Crippen LogP contribution in [0.4, 0.5) is 0 Å². The van der Waals surface area contributed by atoms with Crippen LogP contribution in [0.25, 0.3) is 0 Å². The highest BCUT2D eigenvalue weighted by Crippen LogP contribution is 2.19. The van der Waals surface area contributed by atoms with Gasteiger partial charge in [-0.05, 0) is 44.0 Å². The smallest absolute Gasteiger partial charge is 0.260 e. The fourth-order valence-electron chi connectivity index (χ4n) is 3.23. The van der Waals surface area contributed by atoms with Gasteiger partial charge in [-0.2, -0.15) is 0 Å². The second kappa shape index (κ2) is 8.66.